The molecule has 1 aromatic heterocycles. The second kappa shape index (κ2) is 7.68. The van der Waals surface area contributed by atoms with Gasteiger partial charge in [0.25, 0.3) is 0 Å². The van der Waals surface area contributed by atoms with E-state index in [9.17, 15) is 4.79 Å². The van der Waals surface area contributed by atoms with Crippen LogP contribution in [0.5, 0.6) is 0 Å². The van der Waals surface area contributed by atoms with E-state index < -0.39 is 0 Å². The maximum Gasteiger partial charge on any atom is 0.241 e. The van der Waals surface area contributed by atoms with Crippen molar-refractivity contribution in [1.29, 1.82) is 0 Å². The van der Waals surface area contributed by atoms with Gasteiger partial charge in [-0.3, -0.25) is 4.79 Å². The number of para-hydroxylation sites is 2. The van der Waals surface area contributed by atoms with Crippen LogP contribution in [-0.2, 0) is 4.79 Å². The Bertz CT molecular complexity index is 820. The van der Waals surface area contributed by atoms with Crippen LogP contribution in [0.15, 0.2) is 48.5 Å². The lowest BCUT2D eigenvalue weighted by Gasteiger charge is -2.22. The highest BCUT2D eigenvalue weighted by atomic mass is 35.5. The van der Waals surface area contributed by atoms with E-state index in [1.165, 1.54) is 0 Å². The molecule has 1 fully saturated rings. The minimum atomic E-state index is -0.0752. The van der Waals surface area contributed by atoms with Crippen LogP contribution in [0.1, 0.15) is 19.3 Å². The molecule has 4 rings (SSSR count). The van der Waals surface area contributed by atoms with Crippen molar-refractivity contribution < 1.29 is 4.79 Å². The Morgan fingerprint density at radius 2 is 1.88 bits per heavy atom. The highest BCUT2D eigenvalue weighted by Gasteiger charge is 2.20. The van der Waals surface area contributed by atoms with E-state index in [4.69, 9.17) is 0 Å². The van der Waals surface area contributed by atoms with Crippen LogP contribution in [0, 0.1) is 0 Å². The first-order chi connectivity index (χ1) is 11.8. The standard InChI is InChI=1S/C19H20N4O.ClH/c24-19(17-7-3-4-12-20-17)21-14-10-8-13(9-11-14)18-22-15-5-1-2-6-16(15)23-18;/h1-2,5-6,8-11,17,20H,3-4,7,12H2,(H,21,24)(H,22,23);1H. The molecule has 3 aromatic rings. The fourth-order valence-electron chi connectivity index (χ4n) is 3.11. The van der Waals surface area contributed by atoms with Gasteiger partial charge in [0.2, 0.25) is 5.91 Å². The predicted molar refractivity (Wildman–Crippen MR) is 103 cm³/mol. The molecular weight excluding hydrogens is 336 g/mol. The van der Waals surface area contributed by atoms with Gasteiger partial charge >= 0.3 is 0 Å². The highest BCUT2D eigenvalue weighted by Crippen LogP contribution is 2.22. The summed E-state index contributed by atoms with van der Waals surface area (Å²) >= 11 is 0. The third-order valence-electron chi connectivity index (χ3n) is 4.44. The van der Waals surface area contributed by atoms with Crippen molar-refractivity contribution in [3.8, 4) is 11.4 Å². The lowest BCUT2D eigenvalue weighted by Crippen LogP contribution is -2.43. The van der Waals surface area contributed by atoms with E-state index in [0.29, 0.717) is 0 Å². The third-order valence-corrected chi connectivity index (χ3v) is 4.44. The molecule has 2 aromatic carbocycles. The maximum absolute atomic E-state index is 12.2. The van der Waals surface area contributed by atoms with Crippen LogP contribution in [0.25, 0.3) is 22.4 Å². The summed E-state index contributed by atoms with van der Waals surface area (Å²) in [5, 5.41) is 6.25. The number of hydrogen-bond acceptors (Lipinski definition) is 3. The number of H-pyrrole nitrogens is 1. The number of fused-ring (bicyclic) bond motifs is 1. The average Bonchev–Trinajstić information content (AvgIpc) is 3.07. The molecule has 1 saturated heterocycles. The molecule has 0 spiro atoms. The van der Waals surface area contributed by atoms with Crippen molar-refractivity contribution in [2.24, 2.45) is 0 Å². The molecule has 0 radical (unpaired) electrons. The Hall–Kier alpha value is -2.37. The number of rotatable bonds is 3. The molecule has 1 atom stereocenters. The van der Waals surface area contributed by atoms with Gasteiger partial charge in [-0.05, 0) is 55.8 Å². The van der Waals surface area contributed by atoms with E-state index in [-0.39, 0.29) is 24.4 Å². The number of aromatic nitrogens is 2. The molecule has 1 amide bonds. The number of piperidine rings is 1. The Morgan fingerprint density at radius 3 is 2.60 bits per heavy atom. The first-order valence-electron chi connectivity index (χ1n) is 8.39. The molecule has 5 nitrogen and oxygen atoms in total. The summed E-state index contributed by atoms with van der Waals surface area (Å²) < 4.78 is 0. The number of halogens is 1. The largest absolute Gasteiger partial charge is 0.338 e. The quantitative estimate of drug-likeness (QED) is 0.669. The zero-order valence-electron chi connectivity index (χ0n) is 13.8. The zero-order chi connectivity index (χ0) is 16.4. The Balaban J connectivity index is 0.00000182. The van der Waals surface area contributed by atoms with Gasteiger partial charge in [-0.2, -0.15) is 0 Å². The smallest absolute Gasteiger partial charge is 0.241 e. The second-order valence-electron chi connectivity index (χ2n) is 6.17. The second-order valence-corrected chi connectivity index (χ2v) is 6.17. The number of aromatic amines is 1. The van der Waals surface area contributed by atoms with E-state index >= 15 is 0 Å². The average molecular weight is 357 g/mol. The van der Waals surface area contributed by atoms with Gasteiger partial charge in [-0.1, -0.05) is 18.6 Å². The third kappa shape index (κ3) is 3.83. The van der Waals surface area contributed by atoms with E-state index in [2.05, 4.69) is 20.6 Å². The normalized spacial score (nSPS) is 17.0. The van der Waals surface area contributed by atoms with Crippen LogP contribution in [0.2, 0.25) is 0 Å². The number of carbonyl (C=O) groups is 1. The molecule has 130 valence electrons. The summed E-state index contributed by atoms with van der Waals surface area (Å²) in [5.41, 5.74) is 3.79. The number of benzene rings is 2. The van der Waals surface area contributed by atoms with E-state index in [1.807, 2.05) is 48.5 Å². The number of hydrogen-bond donors (Lipinski definition) is 3. The van der Waals surface area contributed by atoms with Crippen LogP contribution < -0.4 is 10.6 Å². The summed E-state index contributed by atoms with van der Waals surface area (Å²) in [5.74, 6) is 0.884. The fourth-order valence-corrected chi connectivity index (χ4v) is 3.11. The summed E-state index contributed by atoms with van der Waals surface area (Å²) in [7, 11) is 0. The van der Waals surface area contributed by atoms with Gasteiger partial charge in [0, 0.05) is 11.3 Å². The topological polar surface area (TPSA) is 69.8 Å². The van der Waals surface area contributed by atoms with Crippen molar-refractivity contribution in [2.45, 2.75) is 25.3 Å². The van der Waals surface area contributed by atoms with Crippen molar-refractivity contribution >= 4 is 35.0 Å². The molecule has 3 N–H and O–H groups in total. The van der Waals surface area contributed by atoms with Gasteiger partial charge in [-0.25, -0.2) is 4.98 Å². The first-order valence-corrected chi connectivity index (χ1v) is 8.39. The van der Waals surface area contributed by atoms with Crippen LogP contribution in [0.4, 0.5) is 5.69 Å². The SMILES string of the molecule is Cl.O=C(Nc1ccc(-c2nc3ccccc3[nH]2)cc1)C1CCCCN1. The van der Waals surface area contributed by atoms with Crippen molar-refractivity contribution in [3.63, 3.8) is 0 Å². The minimum absolute atomic E-state index is 0. The summed E-state index contributed by atoms with van der Waals surface area (Å²) in [6.07, 6.45) is 3.16. The maximum atomic E-state index is 12.2. The molecule has 0 aliphatic carbocycles. The minimum Gasteiger partial charge on any atom is -0.338 e. The number of amides is 1. The number of carbonyl (C=O) groups excluding carboxylic acids is 1. The van der Waals surface area contributed by atoms with Crippen molar-refractivity contribution in [1.82, 2.24) is 15.3 Å². The lowest BCUT2D eigenvalue weighted by atomic mass is 10.0. The number of anilines is 1. The summed E-state index contributed by atoms with van der Waals surface area (Å²) in [6.45, 7) is 0.920. The Labute approximate surface area is 152 Å². The molecule has 1 aliphatic heterocycles. The molecular formula is C19H21ClN4O. The van der Waals surface area contributed by atoms with Gasteiger partial charge < -0.3 is 15.6 Å². The van der Waals surface area contributed by atoms with Gasteiger partial charge in [0.05, 0.1) is 17.1 Å². The molecule has 1 aliphatic rings. The van der Waals surface area contributed by atoms with Gasteiger partial charge in [0.1, 0.15) is 5.82 Å². The fraction of sp³-hybridized carbons (Fsp3) is 0.263. The van der Waals surface area contributed by atoms with Crippen molar-refractivity contribution in [2.75, 3.05) is 11.9 Å². The Kier molecular flexibility index (Phi) is 5.36. The van der Waals surface area contributed by atoms with Gasteiger partial charge in [0.15, 0.2) is 0 Å². The molecule has 2 heterocycles. The molecule has 25 heavy (non-hydrogen) atoms. The predicted octanol–water partition coefficient (Wildman–Crippen LogP) is 3.73. The van der Waals surface area contributed by atoms with Crippen LogP contribution in [-0.4, -0.2) is 28.5 Å². The van der Waals surface area contributed by atoms with E-state index in [0.717, 1.165) is 53.9 Å². The number of nitrogens with one attached hydrogen (secondary N) is 3. The van der Waals surface area contributed by atoms with Gasteiger partial charge in [-0.15, -0.1) is 12.4 Å². The zero-order valence-corrected chi connectivity index (χ0v) is 14.6. The summed E-state index contributed by atoms with van der Waals surface area (Å²) in [4.78, 5) is 20.2. The van der Waals surface area contributed by atoms with Crippen molar-refractivity contribution in [3.05, 3.63) is 48.5 Å². The van der Waals surface area contributed by atoms with E-state index in [1.54, 1.807) is 0 Å². The number of nitrogens with zero attached hydrogens (tertiary/aromatic N) is 1. The molecule has 0 bridgehead atoms. The highest BCUT2D eigenvalue weighted by molar-refractivity contribution is 5.95. The molecule has 6 heteroatoms. The number of imidazole rings is 1. The Morgan fingerprint density at radius 1 is 1.08 bits per heavy atom. The lowest BCUT2D eigenvalue weighted by molar-refractivity contribution is -0.118. The van der Waals surface area contributed by atoms with Crippen LogP contribution in [0.3, 0.4) is 0 Å². The summed E-state index contributed by atoms with van der Waals surface area (Å²) in [6, 6.07) is 15.7. The monoisotopic (exact) mass is 356 g/mol. The molecule has 1 unspecified atom stereocenters. The first kappa shape index (κ1) is 17.5. The molecule has 0 saturated carbocycles. The van der Waals surface area contributed by atoms with Crippen LogP contribution >= 0.6 is 12.4 Å².